The SMILES string of the molecule is C.CCCCCC/C=C/C(C)OC(=O)Oc1ccc(NCCCS(=O)(=O)[O-])cc1.[Na+]. The van der Waals surface area contributed by atoms with E-state index in [9.17, 15) is 17.8 Å². The van der Waals surface area contributed by atoms with E-state index in [1.807, 2.05) is 12.2 Å². The minimum absolute atomic E-state index is 0. The maximum absolute atomic E-state index is 11.8. The Morgan fingerprint density at radius 3 is 2.43 bits per heavy atom. The van der Waals surface area contributed by atoms with Crippen LogP contribution >= 0.6 is 0 Å². The van der Waals surface area contributed by atoms with Crippen molar-refractivity contribution < 1.29 is 56.8 Å². The molecule has 1 aromatic rings. The van der Waals surface area contributed by atoms with Gasteiger partial charge in [0, 0.05) is 18.0 Å². The van der Waals surface area contributed by atoms with Crippen LogP contribution in [0, 0.1) is 0 Å². The van der Waals surface area contributed by atoms with Crippen molar-refractivity contribution in [3.05, 3.63) is 36.4 Å². The maximum atomic E-state index is 11.8. The summed E-state index contributed by atoms with van der Waals surface area (Å²) < 4.78 is 41.9. The van der Waals surface area contributed by atoms with Crippen molar-refractivity contribution in [2.24, 2.45) is 0 Å². The van der Waals surface area contributed by atoms with E-state index in [-0.39, 0.29) is 49.5 Å². The average molecular weight is 452 g/mol. The Labute approximate surface area is 203 Å². The molecule has 9 heteroatoms. The number of allylic oxidation sites excluding steroid dienone is 1. The summed E-state index contributed by atoms with van der Waals surface area (Å²) >= 11 is 0. The number of anilines is 1. The Morgan fingerprint density at radius 1 is 1.17 bits per heavy atom. The zero-order valence-corrected chi connectivity index (χ0v) is 20.4. The van der Waals surface area contributed by atoms with Gasteiger partial charge in [0.05, 0.1) is 10.1 Å². The minimum atomic E-state index is -4.19. The monoisotopic (exact) mass is 451 g/mol. The first kappa shape index (κ1) is 31.1. The van der Waals surface area contributed by atoms with E-state index >= 15 is 0 Å². The summed E-state index contributed by atoms with van der Waals surface area (Å²) in [5.41, 5.74) is 0.725. The summed E-state index contributed by atoms with van der Waals surface area (Å²) in [6, 6.07) is 6.58. The summed E-state index contributed by atoms with van der Waals surface area (Å²) in [4.78, 5) is 11.8. The minimum Gasteiger partial charge on any atom is -0.748 e. The second-order valence-electron chi connectivity index (χ2n) is 6.52. The molecule has 166 valence electrons. The molecule has 0 fully saturated rings. The number of carbonyl (C=O) groups is 1. The quantitative estimate of drug-likeness (QED) is 0.122. The van der Waals surface area contributed by atoms with E-state index in [0.717, 1.165) is 18.5 Å². The van der Waals surface area contributed by atoms with Crippen molar-refractivity contribution in [3.63, 3.8) is 0 Å². The fourth-order valence-electron chi connectivity index (χ4n) is 2.41. The number of benzene rings is 1. The van der Waals surface area contributed by atoms with Gasteiger partial charge in [0.25, 0.3) is 0 Å². The molecule has 0 saturated heterocycles. The zero-order valence-electron chi connectivity index (χ0n) is 17.6. The van der Waals surface area contributed by atoms with E-state index in [1.54, 1.807) is 31.2 Å². The summed E-state index contributed by atoms with van der Waals surface area (Å²) in [6.45, 7) is 4.30. The van der Waals surface area contributed by atoms with Gasteiger partial charge < -0.3 is 19.3 Å². The van der Waals surface area contributed by atoms with Crippen molar-refractivity contribution in [3.8, 4) is 5.75 Å². The van der Waals surface area contributed by atoms with Crippen LogP contribution in [0.25, 0.3) is 0 Å². The molecule has 0 aliphatic carbocycles. The molecule has 0 heterocycles. The number of ether oxygens (including phenoxy) is 2. The molecule has 30 heavy (non-hydrogen) atoms. The van der Waals surface area contributed by atoms with Gasteiger partial charge in [0.2, 0.25) is 0 Å². The molecular weight excluding hydrogens is 417 g/mol. The van der Waals surface area contributed by atoms with Gasteiger partial charge >= 0.3 is 35.7 Å². The average Bonchev–Trinajstić information content (AvgIpc) is 2.62. The Kier molecular flexibility index (Phi) is 18.3. The number of carbonyl (C=O) groups excluding carboxylic acids is 1. The van der Waals surface area contributed by atoms with Crippen LogP contribution < -0.4 is 39.6 Å². The summed E-state index contributed by atoms with van der Waals surface area (Å²) in [7, 11) is -4.19. The maximum Gasteiger partial charge on any atom is 1.00 e. The molecule has 0 aliphatic heterocycles. The van der Waals surface area contributed by atoms with Gasteiger partial charge in [-0.3, -0.25) is 0 Å². The van der Waals surface area contributed by atoms with Crippen LogP contribution in [-0.4, -0.2) is 37.5 Å². The second kappa shape index (κ2) is 17.6. The van der Waals surface area contributed by atoms with Gasteiger partial charge in [0.1, 0.15) is 11.9 Å². The predicted molar refractivity (Wildman–Crippen MR) is 115 cm³/mol. The Morgan fingerprint density at radius 2 is 1.83 bits per heavy atom. The zero-order chi connectivity index (χ0) is 20.8. The number of unbranched alkanes of at least 4 members (excludes halogenated alkanes) is 4. The number of hydrogen-bond acceptors (Lipinski definition) is 7. The van der Waals surface area contributed by atoms with Crippen molar-refractivity contribution in [2.75, 3.05) is 17.6 Å². The molecule has 0 aromatic heterocycles. The van der Waals surface area contributed by atoms with Crippen molar-refractivity contribution in [1.29, 1.82) is 0 Å². The summed E-state index contributed by atoms with van der Waals surface area (Å²) in [6.07, 6.45) is 8.71. The van der Waals surface area contributed by atoms with Crippen molar-refractivity contribution in [1.82, 2.24) is 0 Å². The third kappa shape index (κ3) is 16.7. The van der Waals surface area contributed by atoms with Gasteiger partial charge in [-0.15, -0.1) is 0 Å². The predicted octanol–water partition coefficient (Wildman–Crippen LogP) is 2.10. The molecule has 1 rings (SSSR count). The molecule has 1 aromatic carbocycles. The smallest absolute Gasteiger partial charge is 0.748 e. The molecule has 1 unspecified atom stereocenters. The van der Waals surface area contributed by atoms with Gasteiger partial charge in [-0.25, -0.2) is 13.2 Å². The molecule has 0 saturated carbocycles. The largest absolute Gasteiger partial charge is 1.00 e. The summed E-state index contributed by atoms with van der Waals surface area (Å²) in [5, 5.41) is 2.99. The van der Waals surface area contributed by atoms with Crippen LogP contribution in [-0.2, 0) is 14.9 Å². The first-order valence-corrected chi connectivity index (χ1v) is 11.2. The normalized spacial score (nSPS) is 11.8. The number of nitrogens with one attached hydrogen (secondary N) is 1. The van der Waals surface area contributed by atoms with Crippen LogP contribution in [0.1, 0.15) is 59.8 Å². The third-order valence-corrected chi connectivity index (χ3v) is 4.66. The van der Waals surface area contributed by atoms with E-state index in [0.29, 0.717) is 12.3 Å². The third-order valence-electron chi connectivity index (χ3n) is 3.87. The molecule has 0 spiro atoms. The van der Waals surface area contributed by atoms with Gasteiger partial charge in [-0.1, -0.05) is 39.7 Å². The van der Waals surface area contributed by atoms with E-state index in [1.165, 1.54) is 19.3 Å². The topological polar surface area (TPSA) is 105 Å². The molecule has 1 atom stereocenters. The fourth-order valence-corrected chi connectivity index (χ4v) is 2.91. The standard InChI is InChI=1S/C20H31NO6S.CH4.Na/c1-3-4-5-6-7-8-10-17(2)26-20(22)27-19-13-11-18(12-14-19)21-15-9-16-28(23,24)25;;/h8,10-14,17,21H,3-7,9,15-16H2,1-2H3,(H,23,24,25);1H4;/q;;+1/p-1/b10-8+;;. The number of rotatable bonds is 13. The van der Waals surface area contributed by atoms with Crippen LogP contribution in [0.15, 0.2) is 36.4 Å². The van der Waals surface area contributed by atoms with Crippen LogP contribution in [0.5, 0.6) is 5.75 Å². The molecule has 0 aliphatic rings. The van der Waals surface area contributed by atoms with Gasteiger partial charge in [-0.05, 0) is 56.5 Å². The molecule has 0 bridgehead atoms. The second-order valence-corrected chi connectivity index (χ2v) is 8.04. The van der Waals surface area contributed by atoms with Crippen LogP contribution in [0.4, 0.5) is 10.5 Å². The van der Waals surface area contributed by atoms with E-state index in [2.05, 4.69) is 12.2 Å². The Bertz CT molecular complexity index is 707. The Hall–Kier alpha value is -1.06. The van der Waals surface area contributed by atoms with Crippen LogP contribution in [0.2, 0.25) is 0 Å². The fraction of sp³-hybridized carbons (Fsp3) is 0.571. The number of hydrogen-bond donors (Lipinski definition) is 1. The van der Waals surface area contributed by atoms with E-state index < -0.39 is 22.0 Å². The van der Waals surface area contributed by atoms with Gasteiger partial charge in [-0.2, -0.15) is 0 Å². The van der Waals surface area contributed by atoms with E-state index in [4.69, 9.17) is 9.47 Å². The first-order chi connectivity index (χ1) is 13.3. The Balaban J connectivity index is 0. The molecular formula is C21H34NNaO6S. The first-order valence-electron chi connectivity index (χ1n) is 9.63. The van der Waals surface area contributed by atoms with Gasteiger partial charge in [0.15, 0.2) is 0 Å². The summed E-state index contributed by atoms with van der Waals surface area (Å²) in [5.74, 6) is -0.0632. The molecule has 1 N–H and O–H groups in total. The van der Waals surface area contributed by atoms with Crippen molar-refractivity contribution >= 4 is 22.0 Å². The van der Waals surface area contributed by atoms with Crippen LogP contribution in [0.3, 0.4) is 0 Å². The molecule has 0 amide bonds. The van der Waals surface area contributed by atoms with Crippen molar-refractivity contribution in [2.45, 2.75) is 65.9 Å². The molecule has 0 radical (unpaired) electrons. The molecule has 7 nitrogen and oxygen atoms in total.